The molecule has 0 bridgehead atoms. The van der Waals surface area contributed by atoms with E-state index in [1.165, 1.54) is 0 Å². The molecule has 2 fully saturated rings. The second kappa shape index (κ2) is 10.6. The van der Waals surface area contributed by atoms with Gasteiger partial charge in [-0.05, 0) is 69.6 Å². The van der Waals surface area contributed by atoms with Gasteiger partial charge in [-0.25, -0.2) is 4.79 Å². The zero-order chi connectivity index (χ0) is 26.0. The fraction of sp³-hybridized carbons (Fsp3) is 0.552. The Hall–Kier alpha value is -2.93. The first-order valence-corrected chi connectivity index (χ1v) is 13.0. The molecular weight excluding hydrogens is 452 g/mol. The van der Waals surface area contributed by atoms with Gasteiger partial charge in [-0.3, -0.25) is 9.78 Å². The van der Waals surface area contributed by atoms with Crippen LogP contribution in [0.5, 0.6) is 0 Å². The van der Waals surface area contributed by atoms with Crippen molar-refractivity contribution in [1.82, 2.24) is 20.1 Å². The first kappa shape index (κ1) is 26.1. The molecule has 2 amide bonds. The van der Waals surface area contributed by atoms with Crippen molar-refractivity contribution in [1.29, 1.82) is 0 Å². The van der Waals surface area contributed by atoms with Crippen molar-refractivity contribution >= 4 is 12.0 Å². The van der Waals surface area contributed by atoms with Gasteiger partial charge in [0, 0.05) is 38.9 Å². The number of nitrogens with zero attached hydrogens (tertiary/aromatic N) is 3. The number of hydrogen-bond donors (Lipinski definition) is 1. The van der Waals surface area contributed by atoms with Crippen molar-refractivity contribution in [3.05, 3.63) is 65.0 Å². The highest BCUT2D eigenvalue weighted by Gasteiger charge is 2.42. The van der Waals surface area contributed by atoms with Gasteiger partial charge in [-0.2, -0.15) is 0 Å². The normalized spacial score (nSPS) is 21.7. The Labute approximate surface area is 215 Å². The van der Waals surface area contributed by atoms with Crippen LogP contribution in [0, 0.1) is 31.6 Å². The Balaban J connectivity index is 1.37. The summed E-state index contributed by atoms with van der Waals surface area (Å²) in [7, 11) is 0. The first-order chi connectivity index (χ1) is 17.0. The zero-order valence-electron chi connectivity index (χ0n) is 22.5. The van der Waals surface area contributed by atoms with Gasteiger partial charge in [0.25, 0.3) is 5.91 Å². The average molecular weight is 493 g/mol. The first-order valence-electron chi connectivity index (χ1n) is 13.0. The molecule has 0 saturated carbocycles. The average Bonchev–Trinajstić information content (AvgIpc) is 3.35. The third kappa shape index (κ3) is 6.06. The molecule has 2 aromatic rings. The third-order valence-electron chi connectivity index (χ3n) is 7.36. The largest absolute Gasteiger partial charge is 0.444 e. The molecule has 3 unspecified atom stereocenters. The van der Waals surface area contributed by atoms with Crippen molar-refractivity contribution in [2.75, 3.05) is 32.7 Å². The van der Waals surface area contributed by atoms with Gasteiger partial charge in [-0.1, -0.05) is 37.3 Å². The zero-order valence-corrected chi connectivity index (χ0v) is 22.5. The summed E-state index contributed by atoms with van der Waals surface area (Å²) >= 11 is 0. The van der Waals surface area contributed by atoms with Crippen LogP contribution in [-0.4, -0.2) is 65.1 Å². The number of rotatable bonds is 6. The number of amides is 2. The minimum Gasteiger partial charge on any atom is -0.444 e. The van der Waals surface area contributed by atoms with Crippen LogP contribution in [0.4, 0.5) is 4.79 Å². The van der Waals surface area contributed by atoms with Gasteiger partial charge in [0.2, 0.25) is 0 Å². The number of nitrogens with one attached hydrogen (secondary N) is 1. The highest BCUT2D eigenvalue weighted by molar-refractivity contribution is 5.96. The number of carbonyl (C=O) groups excluding carboxylic acids is 2. The van der Waals surface area contributed by atoms with Crippen LogP contribution in [0.15, 0.2) is 42.6 Å². The number of ether oxygens (including phenoxy) is 1. The number of likely N-dealkylation sites (tertiary alicyclic amines) is 2. The molecule has 0 radical (unpaired) electrons. The van der Waals surface area contributed by atoms with Crippen molar-refractivity contribution in [2.24, 2.45) is 17.8 Å². The maximum absolute atomic E-state index is 13.2. The summed E-state index contributed by atoms with van der Waals surface area (Å²) < 4.78 is 5.55. The van der Waals surface area contributed by atoms with Gasteiger partial charge in [0.15, 0.2) is 0 Å². The summed E-state index contributed by atoms with van der Waals surface area (Å²) in [5, 5.41) is 3.12. The van der Waals surface area contributed by atoms with E-state index in [0.29, 0.717) is 11.8 Å². The Kier molecular flexibility index (Phi) is 7.69. The SMILES string of the molecule is Cc1ccnc(C)c1C(=O)N1CC2CN(CC(C)C(NC(=O)OC(C)(C)C)c3ccccc3)C[C@H]2C1. The van der Waals surface area contributed by atoms with E-state index < -0.39 is 11.7 Å². The number of aryl methyl sites for hydroxylation is 2. The van der Waals surface area contributed by atoms with Crippen molar-refractivity contribution in [3.63, 3.8) is 0 Å². The predicted molar refractivity (Wildman–Crippen MR) is 141 cm³/mol. The summed E-state index contributed by atoms with van der Waals surface area (Å²) in [6.45, 7) is 16.1. The van der Waals surface area contributed by atoms with Crippen LogP contribution in [-0.2, 0) is 4.74 Å². The number of aromatic nitrogens is 1. The molecule has 0 spiro atoms. The Morgan fingerprint density at radius 1 is 1.06 bits per heavy atom. The van der Waals surface area contributed by atoms with Crippen LogP contribution in [0.2, 0.25) is 0 Å². The summed E-state index contributed by atoms with van der Waals surface area (Å²) in [5.74, 6) is 1.26. The molecule has 2 aliphatic heterocycles. The summed E-state index contributed by atoms with van der Waals surface area (Å²) in [6.07, 6.45) is 1.37. The molecule has 4 rings (SSSR count). The lowest BCUT2D eigenvalue weighted by Crippen LogP contribution is -2.41. The van der Waals surface area contributed by atoms with Gasteiger partial charge in [-0.15, -0.1) is 0 Å². The summed E-state index contributed by atoms with van der Waals surface area (Å²) in [4.78, 5) is 34.7. The maximum Gasteiger partial charge on any atom is 0.408 e. The second-order valence-electron chi connectivity index (χ2n) is 11.5. The molecule has 3 heterocycles. The monoisotopic (exact) mass is 492 g/mol. The molecule has 1 aromatic heterocycles. The minimum atomic E-state index is -0.544. The van der Waals surface area contributed by atoms with Crippen molar-refractivity contribution < 1.29 is 14.3 Å². The highest BCUT2D eigenvalue weighted by Crippen LogP contribution is 2.34. The van der Waals surface area contributed by atoms with E-state index in [1.807, 2.05) is 63.8 Å². The third-order valence-corrected chi connectivity index (χ3v) is 7.36. The fourth-order valence-electron chi connectivity index (χ4n) is 5.74. The molecule has 1 N–H and O–H groups in total. The number of fused-ring (bicyclic) bond motifs is 1. The number of hydrogen-bond acceptors (Lipinski definition) is 5. The molecule has 36 heavy (non-hydrogen) atoms. The molecule has 1 aromatic carbocycles. The Bertz CT molecular complexity index is 1050. The Morgan fingerprint density at radius 3 is 2.28 bits per heavy atom. The number of carbonyl (C=O) groups is 2. The maximum atomic E-state index is 13.2. The molecule has 7 nitrogen and oxygen atoms in total. The van der Waals surface area contributed by atoms with Crippen molar-refractivity contribution in [3.8, 4) is 0 Å². The van der Waals surface area contributed by atoms with E-state index in [4.69, 9.17) is 4.74 Å². The number of benzene rings is 1. The van der Waals surface area contributed by atoms with Crippen LogP contribution in [0.25, 0.3) is 0 Å². The second-order valence-corrected chi connectivity index (χ2v) is 11.5. The molecule has 4 atom stereocenters. The van der Waals surface area contributed by atoms with E-state index in [1.54, 1.807) is 6.20 Å². The predicted octanol–water partition coefficient (Wildman–Crippen LogP) is 4.60. The quantitative estimate of drug-likeness (QED) is 0.638. The van der Waals surface area contributed by atoms with Crippen LogP contribution in [0.1, 0.15) is 60.9 Å². The van der Waals surface area contributed by atoms with E-state index in [0.717, 1.165) is 55.1 Å². The van der Waals surface area contributed by atoms with Crippen molar-refractivity contribution in [2.45, 2.75) is 53.2 Å². The molecular formula is C29H40N4O3. The van der Waals surface area contributed by atoms with Crippen LogP contribution < -0.4 is 5.32 Å². The van der Waals surface area contributed by atoms with E-state index in [9.17, 15) is 9.59 Å². The lowest BCUT2D eigenvalue weighted by atomic mass is 9.94. The van der Waals surface area contributed by atoms with Crippen LogP contribution >= 0.6 is 0 Å². The van der Waals surface area contributed by atoms with Crippen LogP contribution in [0.3, 0.4) is 0 Å². The van der Waals surface area contributed by atoms with E-state index in [-0.39, 0.29) is 17.9 Å². The standard InChI is InChI=1S/C29H40N4O3/c1-19-12-13-30-21(3)25(19)27(34)33-17-23-15-32(16-24(23)18-33)14-20(2)26(22-10-8-7-9-11-22)31-28(35)36-29(4,5)6/h7-13,20,23-24,26H,14-18H2,1-6H3,(H,31,35)/t20?,23-,24?,26?/m0/s1. The topological polar surface area (TPSA) is 74.8 Å². The number of alkyl carbamates (subject to hydrolysis) is 1. The summed E-state index contributed by atoms with van der Waals surface area (Å²) in [6, 6.07) is 11.9. The lowest BCUT2D eigenvalue weighted by molar-refractivity contribution is 0.0480. The molecule has 2 saturated heterocycles. The number of pyridine rings is 1. The van der Waals surface area contributed by atoms with E-state index >= 15 is 0 Å². The Morgan fingerprint density at radius 2 is 1.69 bits per heavy atom. The molecule has 0 aliphatic carbocycles. The van der Waals surface area contributed by atoms with E-state index in [2.05, 4.69) is 34.3 Å². The van der Waals surface area contributed by atoms with Gasteiger partial charge in [0.05, 0.1) is 17.3 Å². The van der Waals surface area contributed by atoms with Gasteiger partial charge < -0.3 is 19.9 Å². The smallest absolute Gasteiger partial charge is 0.408 e. The highest BCUT2D eigenvalue weighted by atomic mass is 16.6. The molecule has 7 heteroatoms. The minimum absolute atomic E-state index is 0.109. The van der Waals surface area contributed by atoms with Gasteiger partial charge in [0.1, 0.15) is 5.60 Å². The van der Waals surface area contributed by atoms with Gasteiger partial charge >= 0.3 is 6.09 Å². The lowest BCUT2D eigenvalue weighted by Gasteiger charge is -2.31. The molecule has 194 valence electrons. The molecule has 2 aliphatic rings. The summed E-state index contributed by atoms with van der Waals surface area (Å²) in [5.41, 5.74) is 3.08. The fourth-order valence-corrected chi connectivity index (χ4v) is 5.74.